The Kier molecular flexibility index (Phi) is 5.69. The summed E-state index contributed by atoms with van der Waals surface area (Å²) in [6, 6.07) is 10.1. The van der Waals surface area contributed by atoms with Crippen LogP contribution >= 0.6 is 0 Å². The van der Waals surface area contributed by atoms with Crippen LogP contribution < -0.4 is 5.32 Å². The maximum atomic E-state index is 13.0. The zero-order valence-electron chi connectivity index (χ0n) is 17.4. The Labute approximate surface area is 172 Å². The van der Waals surface area contributed by atoms with Gasteiger partial charge in [0.05, 0.1) is 11.4 Å². The van der Waals surface area contributed by atoms with Crippen LogP contribution in [0.3, 0.4) is 0 Å². The van der Waals surface area contributed by atoms with E-state index in [9.17, 15) is 9.59 Å². The molecule has 0 spiro atoms. The normalized spacial score (nSPS) is 19.2. The number of benzene rings is 1. The summed E-state index contributed by atoms with van der Waals surface area (Å²) in [7, 11) is 0. The maximum absolute atomic E-state index is 13.0. The number of rotatable bonds is 6. The Hall–Kier alpha value is -2.63. The first-order valence-corrected chi connectivity index (χ1v) is 10.7. The van der Waals surface area contributed by atoms with Crippen molar-refractivity contribution in [2.45, 2.75) is 58.4 Å². The molecule has 2 fully saturated rings. The summed E-state index contributed by atoms with van der Waals surface area (Å²) < 4.78 is 1.90. The molecule has 6 nitrogen and oxygen atoms in total. The van der Waals surface area contributed by atoms with Crippen LogP contribution in [0.5, 0.6) is 0 Å². The Morgan fingerprint density at radius 3 is 2.55 bits per heavy atom. The number of aryl methyl sites for hydroxylation is 2. The standard InChI is InChI=1S/C23H30N4O2/c1-16-14-17(2)27(25-16)21-10-6-19(7-11-21)23(29)26-13-3-4-18(15-26)5-12-22(28)24-20-8-9-20/h6-7,10-11,14,18,20H,3-5,8-9,12-13,15H2,1-2H3,(H,24,28). The molecule has 1 aliphatic heterocycles. The first-order valence-electron chi connectivity index (χ1n) is 10.7. The lowest BCUT2D eigenvalue weighted by molar-refractivity contribution is -0.121. The summed E-state index contributed by atoms with van der Waals surface area (Å²) in [6.45, 7) is 5.54. The summed E-state index contributed by atoms with van der Waals surface area (Å²) >= 11 is 0. The van der Waals surface area contributed by atoms with E-state index in [-0.39, 0.29) is 11.8 Å². The van der Waals surface area contributed by atoms with E-state index in [1.54, 1.807) is 0 Å². The van der Waals surface area contributed by atoms with Crippen molar-refractivity contribution in [1.29, 1.82) is 0 Å². The number of carbonyl (C=O) groups excluding carboxylic acids is 2. The van der Waals surface area contributed by atoms with Gasteiger partial charge < -0.3 is 10.2 Å². The smallest absolute Gasteiger partial charge is 0.253 e. The quantitative estimate of drug-likeness (QED) is 0.817. The fraction of sp³-hybridized carbons (Fsp3) is 0.522. The van der Waals surface area contributed by atoms with E-state index in [0.29, 0.717) is 23.9 Å². The fourth-order valence-electron chi connectivity index (χ4n) is 4.17. The van der Waals surface area contributed by atoms with Crippen molar-refractivity contribution < 1.29 is 9.59 Å². The van der Waals surface area contributed by atoms with E-state index in [2.05, 4.69) is 10.4 Å². The number of piperidine rings is 1. The molecule has 2 amide bonds. The maximum Gasteiger partial charge on any atom is 0.253 e. The molecule has 1 atom stereocenters. The summed E-state index contributed by atoms with van der Waals surface area (Å²) in [5, 5.41) is 7.55. The molecule has 1 aliphatic carbocycles. The molecule has 4 rings (SSSR count). The summed E-state index contributed by atoms with van der Waals surface area (Å²) in [5.41, 5.74) is 3.73. The van der Waals surface area contributed by atoms with Crippen LogP contribution in [0.4, 0.5) is 0 Å². The van der Waals surface area contributed by atoms with Crippen molar-refractivity contribution in [2.24, 2.45) is 5.92 Å². The van der Waals surface area contributed by atoms with Crippen LogP contribution in [0, 0.1) is 19.8 Å². The SMILES string of the molecule is Cc1cc(C)n(-c2ccc(C(=O)N3CCCC(CCC(=O)NC4CC4)C3)cc2)n1. The van der Waals surface area contributed by atoms with Gasteiger partial charge in [-0.25, -0.2) is 4.68 Å². The lowest BCUT2D eigenvalue weighted by Gasteiger charge is -2.33. The van der Waals surface area contributed by atoms with Crippen molar-refractivity contribution in [3.8, 4) is 5.69 Å². The van der Waals surface area contributed by atoms with Crippen LogP contribution in [0.2, 0.25) is 0 Å². The predicted molar refractivity (Wildman–Crippen MR) is 112 cm³/mol. The highest BCUT2D eigenvalue weighted by atomic mass is 16.2. The van der Waals surface area contributed by atoms with Gasteiger partial charge in [-0.3, -0.25) is 9.59 Å². The van der Waals surface area contributed by atoms with Gasteiger partial charge >= 0.3 is 0 Å². The third-order valence-corrected chi connectivity index (χ3v) is 5.90. The van der Waals surface area contributed by atoms with Crippen molar-refractivity contribution >= 4 is 11.8 Å². The Bertz CT molecular complexity index is 883. The van der Waals surface area contributed by atoms with Crippen molar-refractivity contribution in [3.05, 3.63) is 47.3 Å². The van der Waals surface area contributed by atoms with Gasteiger partial charge in [0.15, 0.2) is 0 Å². The van der Waals surface area contributed by atoms with Crippen LogP contribution in [-0.2, 0) is 4.79 Å². The molecule has 1 unspecified atom stereocenters. The summed E-state index contributed by atoms with van der Waals surface area (Å²) in [4.78, 5) is 26.9. The van der Waals surface area contributed by atoms with Gasteiger partial charge in [0.2, 0.25) is 5.91 Å². The number of likely N-dealkylation sites (tertiary alicyclic amines) is 1. The third kappa shape index (κ3) is 4.86. The van der Waals surface area contributed by atoms with E-state index in [1.807, 2.05) is 53.8 Å². The van der Waals surface area contributed by atoms with Gasteiger partial charge in [-0.15, -0.1) is 0 Å². The molecular weight excluding hydrogens is 364 g/mol. The van der Waals surface area contributed by atoms with E-state index >= 15 is 0 Å². The molecule has 0 bridgehead atoms. The van der Waals surface area contributed by atoms with E-state index in [1.165, 1.54) is 0 Å². The third-order valence-electron chi connectivity index (χ3n) is 5.90. The molecule has 6 heteroatoms. The number of aromatic nitrogens is 2. The molecule has 29 heavy (non-hydrogen) atoms. The predicted octanol–water partition coefficient (Wildman–Crippen LogP) is 3.40. The summed E-state index contributed by atoms with van der Waals surface area (Å²) in [5.74, 6) is 0.652. The number of hydrogen-bond donors (Lipinski definition) is 1. The van der Waals surface area contributed by atoms with Crippen LogP contribution in [0.25, 0.3) is 5.69 Å². The number of hydrogen-bond acceptors (Lipinski definition) is 3. The van der Waals surface area contributed by atoms with E-state index in [4.69, 9.17) is 0 Å². The first kappa shape index (κ1) is 19.7. The second kappa shape index (κ2) is 8.39. The number of carbonyl (C=O) groups is 2. The molecule has 154 valence electrons. The minimum Gasteiger partial charge on any atom is -0.353 e. The lowest BCUT2D eigenvalue weighted by atomic mass is 9.92. The minimum absolute atomic E-state index is 0.0806. The second-order valence-electron chi connectivity index (χ2n) is 8.53. The molecule has 2 aromatic rings. The molecular formula is C23H30N4O2. The van der Waals surface area contributed by atoms with Crippen LogP contribution in [0.15, 0.2) is 30.3 Å². The van der Waals surface area contributed by atoms with Gasteiger partial charge in [-0.05, 0) is 82.2 Å². The highest BCUT2D eigenvalue weighted by Gasteiger charge is 2.26. The van der Waals surface area contributed by atoms with Gasteiger partial charge in [0, 0.05) is 36.8 Å². The highest BCUT2D eigenvalue weighted by molar-refractivity contribution is 5.94. The lowest BCUT2D eigenvalue weighted by Crippen LogP contribution is -2.40. The highest BCUT2D eigenvalue weighted by Crippen LogP contribution is 2.24. The Balaban J connectivity index is 1.34. The second-order valence-corrected chi connectivity index (χ2v) is 8.53. The van der Waals surface area contributed by atoms with Gasteiger partial charge in [-0.1, -0.05) is 0 Å². The van der Waals surface area contributed by atoms with Crippen molar-refractivity contribution in [1.82, 2.24) is 20.0 Å². The fourth-order valence-corrected chi connectivity index (χ4v) is 4.17. The Morgan fingerprint density at radius 1 is 1.14 bits per heavy atom. The molecule has 2 heterocycles. The molecule has 1 N–H and O–H groups in total. The van der Waals surface area contributed by atoms with Crippen molar-refractivity contribution in [3.63, 3.8) is 0 Å². The van der Waals surface area contributed by atoms with Crippen LogP contribution in [-0.4, -0.2) is 45.6 Å². The first-order chi connectivity index (χ1) is 14.0. The van der Waals surface area contributed by atoms with E-state index in [0.717, 1.165) is 62.3 Å². The molecule has 1 aromatic heterocycles. The van der Waals surface area contributed by atoms with E-state index < -0.39 is 0 Å². The average Bonchev–Trinajstić information content (AvgIpc) is 3.47. The Morgan fingerprint density at radius 2 is 1.90 bits per heavy atom. The van der Waals surface area contributed by atoms with Gasteiger partial charge in [0.25, 0.3) is 5.91 Å². The van der Waals surface area contributed by atoms with Crippen LogP contribution in [0.1, 0.15) is 60.3 Å². The molecule has 0 radical (unpaired) electrons. The average molecular weight is 395 g/mol. The molecule has 1 aromatic carbocycles. The largest absolute Gasteiger partial charge is 0.353 e. The zero-order chi connectivity index (χ0) is 20.4. The molecule has 1 saturated heterocycles. The molecule has 2 aliphatic rings. The van der Waals surface area contributed by atoms with Crippen molar-refractivity contribution in [2.75, 3.05) is 13.1 Å². The monoisotopic (exact) mass is 394 g/mol. The topological polar surface area (TPSA) is 67.2 Å². The number of nitrogens with zero attached hydrogens (tertiary/aromatic N) is 3. The zero-order valence-corrected chi connectivity index (χ0v) is 17.4. The number of amides is 2. The minimum atomic E-state index is 0.0806. The summed E-state index contributed by atoms with van der Waals surface area (Å²) in [6.07, 6.45) is 5.77. The van der Waals surface area contributed by atoms with Gasteiger partial charge in [-0.2, -0.15) is 5.10 Å². The molecule has 1 saturated carbocycles. The van der Waals surface area contributed by atoms with Gasteiger partial charge in [0.1, 0.15) is 0 Å². The number of nitrogens with one attached hydrogen (secondary N) is 1.